The Labute approximate surface area is 159 Å². The molecule has 2 aromatic carbocycles. The molecular formula is C18H19BrN2O5. The molecule has 0 aliphatic heterocycles. The normalized spacial score (nSPS) is 9.96. The van der Waals surface area contributed by atoms with Crippen molar-refractivity contribution in [1.29, 1.82) is 0 Å². The van der Waals surface area contributed by atoms with E-state index in [9.17, 15) is 9.59 Å². The first-order valence-corrected chi connectivity index (χ1v) is 8.50. The quantitative estimate of drug-likeness (QED) is 0.698. The van der Waals surface area contributed by atoms with Gasteiger partial charge in [0.1, 0.15) is 18.1 Å². The van der Waals surface area contributed by atoms with E-state index in [1.807, 2.05) is 19.1 Å². The average molecular weight is 423 g/mol. The Bertz CT molecular complexity index is 765. The minimum atomic E-state index is -0.769. The van der Waals surface area contributed by atoms with Gasteiger partial charge in [-0.3, -0.25) is 10.2 Å². The van der Waals surface area contributed by atoms with Gasteiger partial charge in [0.25, 0.3) is 5.91 Å². The van der Waals surface area contributed by atoms with Gasteiger partial charge in [0.2, 0.25) is 0 Å². The number of carbonyl (C=O) groups is 2. The highest BCUT2D eigenvalue weighted by Gasteiger charge is 2.08. The van der Waals surface area contributed by atoms with Crippen LogP contribution in [0.4, 0.5) is 4.79 Å². The monoisotopic (exact) mass is 422 g/mol. The zero-order valence-electron chi connectivity index (χ0n) is 14.4. The number of hydrazine groups is 1. The van der Waals surface area contributed by atoms with Gasteiger partial charge in [0.05, 0.1) is 7.11 Å². The minimum Gasteiger partial charge on any atom is -0.497 e. The van der Waals surface area contributed by atoms with E-state index in [1.54, 1.807) is 37.4 Å². The second-order valence-corrected chi connectivity index (χ2v) is 6.21. The molecule has 8 heteroatoms. The third-order valence-corrected chi connectivity index (χ3v) is 3.82. The van der Waals surface area contributed by atoms with Crippen LogP contribution in [0.1, 0.15) is 11.1 Å². The standard InChI is InChI=1S/C18H19BrN2O5/c1-12-9-14(19)5-8-16(12)25-11-17(22)20-21-18(23)26-10-13-3-6-15(24-2)7-4-13/h3-9H,10-11H2,1-2H3,(H,20,22)(H,21,23). The van der Waals surface area contributed by atoms with Crippen LogP contribution in [-0.2, 0) is 16.1 Å². The Morgan fingerprint density at radius 3 is 2.46 bits per heavy atom. The van der Waals surface area contributed by atoms with Crippen LogP contribution in [0.15, 0.2) is 46.9 Å². The van der Waals surface area contributed by atoms with Gasteiger partial charge in [-0.2, -0.15) is 0 Å². The highest BCUT2D eigenvalue weighted by atomic mass is 79.9. The maximum Gasteiger partial charge on any atom is 0.426 e. The van der Waals surface area contributed by atoms with Gasteiger partial charge in [-0.25, -0.2) is 10.2 Å². The molecule has 2 N–H and O–H groups in total. The number of nitrogens with one attached hydrogen (secondary N) is 2. The number of carbonyl (C=O) groups excluding carboxylic acids is 2. The number of ether oxygens (including phenoxy) is 3. The third kappa shape index (κ3) is 6.29. The summed E-state index contributed by atoms with van der Waals surface area (Å²) >= 11 is 3.35. The lowest BCUT2D eigenvalue weighted by Crippen LogP contribution is -2.44. The highest BCUT2D eigenvalue weighted by Crippen LogP contribution is 2.21. The van der Waals surface area contributed by atoms with E-state index in [-0.39, 0.29) is 13.2 Å². The number of aryl methyl sites for hydroxylation is 1. The molecule has 2 amide bonds. The summed E-state index contributed by atoms with van der Waals surface area (Å²) in [6.45, 7) is 1.70. The van der Waals surface area contributed by atoms with Crippen LogP contribution in [0.5, 0.6) is 11.5 Å². The third-order valence-electron chi connectivity index (χ3n) is 3.33. The zero-order valence-corrected chi connectivity index (χ0v) is 16.0. The Kier molecular flexibility index (Phi) is 7.28. The van der Waals surface area contributed by atoms with Crippen molar-refractivity contribution in [3.05, 3.63) is 58.1 Å². The predicted octanol–water partition coefficient (Wildman–Crippen LogP) is 3.10. The largest absolute Gasteiger partial charge is 0.497 e. The summed E-state index contributed by atoms with van der Waals surface area (Å²) in [4.78, 5) is 23.3. The van der Waals surface area contributed by atoms with Crippen LogP contribution in [-0.4, -0.2) is 25.7 Å². The molecule has 0 saturated heterocycles. The lowest BCUT2D eigenvalue weighted by atomic mass is 10.2. The molecule has 0 aromatic heterocycles. The van der Waals surface area contributed by atoms with Crippen LogP contribution >= 0.6 is 15.9 Å². The first-order chi connectivity index (χ1) is 12.5. The molecule has 2 aromatic rings. The number of methoxy groups -OCH3 is 1. The predicted molar refractivity (Wildman–Crippen MR) is 98.8 cm³/mol. The van der Waals surface area contributed by atoms with Crippen LogP contribution in [0.2, 0.25) is 0 Å². The van der Waals surface area contributed by atoms with E-state index in [2.05, 4.69) is 26.8 Å². The summed E-state index contributed by atoms with van der Waals surface area (Å²) in [6.07, 6.45) is -0.769. The van der Waals surface area contributed by atoms with Gasteiger partial charge in [-0.15, -0.1) is 0 Å². The van der Waals surface area contributed by atoms with Crippen molar-refractivity contribution >= 4 is 27.9 Å². The molecular weight excluding hydrogens is 404 g/mol. The molecule has 0 spiro atoms. The van der Waals surface area contributed by atoms with Crippen molar-refractivity contribution in [3.63, 3.8) is 0 Å². The van der Waals surface area contributed by atoms with Gasteiger partial charge in [0.15, 0.2) is 6.61 Å². The summed E-state index contributed by atoms with van der Waals surface area (Å²) in [5, 5.41) is 0. The van der Waals surface area contributed by atoms with E-state index in [0.29, 0.717) is 11.5 Å². The first-order valence-electron chi connectivity index (χ1n) is 7.71. The fourth-order valence-electron chi connectivity index (χ4n) is 1.98. The fourth-order valence-corrected chi connectivity index (χ4v) is 2.46. The van der Waals surface area contributed by atoms with Gasteiger partial charge in [-0.1, -0.05) is 28.1 Å². The van der Waals surface area contributed by atoms with E-state index < -0.39 is 12.0 Å². The molecule has 0 heterocycles. The van der Waals surface area contributed by atoms with E-state index in [4.69, 9.17) is 14.2 Å². The SMILES string of the molecule is COc1ccc(COC(=O)NNC(=O)COc2ccc(Br)cc2C)cc1. The van der Waals surface area contributed by atoms with Crippen LogP contribution in [0.25, 0.3) is 0 Å². The molecule has 2 rings (SSSR count). The van der Waals surface area contributed by atoms with Crippen molar-refractivity contribution in [2.75, 3.05) is 13.7 Å². The van der Waals surface area contributed by atoms with Crippen LogP contribution in [0, 0.1) is 6.92 Å². The second-order valence-electron chi connectivity index (χ2n) is 5.30. The first kappa shape index (κ1) is 19.6. The molecule has 0 radical (unpaired) electrons. The summed E-state index contributed by atoms with van der Waals surface area (Å²) in [7, 11) is 1.57. The van der Waals surface area contributed by atoms with Crippen LogP contribution in [0.3, 0.4) is 0 Å². The fraction of sp³-hybridized carbons (Fsp3) is 0.222. The van der Waals surface area contributed by atoms with Crippen molar-refractivity contribution in [2.45, 2.75) is 13.5 Å². The van der Waals surface area contributed by atoms with Gasteiger partial charge in [-0.05, 0) is 48.4 Å². The summed E-state index contributed by atoms with van der Waals surface area (Å²) in [6, 6.07) is 12.5. The van der Waals surface area contributed by atoms with Crippen molar-refractivity contribution in [2.24, 2.45) is 0 Å². The Hall–Kier alpha value is -2.74. The lowest BCUT2D eigenvalue weighted by Gasteiger charge is -2.11. The minimum absolute atomic E-state index is 0.0697. The lowest BCUT2D eigenvalue weighted by molar-refractivity contribution is -0.124. The van der Waals surface area contributed by atoms with Crippen molar-refractivity contribution in [1.82, 2.24) is 10.9 Å². The maximum absolute atomic E-state index is 11.7. The van der Waals surface area contributed by atoms with E-state index in [0.717, 1.165) is 15.6 Å². The molecule has 0 atom stereocenters. The Morgan fingerprint density at radius 2 is 1.81 bits per heavy atom. The molecule has 7 nitrogen and oxygen atoms in total. The zero-order chi connectivity index (χ0) is 18.9. The van der Waals surface area contributed by atoms with Crippen molar-refractivity contribution < 1.29 is 23.8 Å². The summed E-state index contributed by atoms with van der Waals surface area (Å²) < 4.78 is 16.4. The average Bonchev–Trinajstić information content (AvgIpc) is 2.64. The molecule has 0 unspecified atom stereocenters. The topological polar surface area (TPSA) is 85.9 Å². The molecule has 138 valence electrons. The molecule has 26 heavy (non-hydrogen) atoms. The molecule has 0 fully saturated rings. The molecule has 0 aliphatic carbocycles. The van der Waals surface area contributed by atoms with Gasteiger partial charge >= 0.3 is 6.09 Å². The number of amides is 2. The number of hydrogen-bond acceptors (Lipinski definition) is 5. The Morgan fingerprint density at radius 1 is 1.08 bits per heavy atom. The molecule has 0 saturated carbocycles. The van der Waals surface area contributed by atoms with Crippen LogP contribution < -0.4 is 20.3 Å². The number of halogens is 1. The second kappa shape index (κ2) is 9.67. The summed E-state index contributed by atoms with van der Waals surface area (Å²) in [5.41, 5.74) is 6.06. The highest BCUT2D eigenvalue weighted by molar-refractivity contribution is 9.10. The van der Waals surface area contributed by atoms with Gasteiger partial charge < -0.3 is 14.2 Å². The number of hydrogen-bond donors (Lipinski definition) is 2. The molecule has 0 aliphatic rings. The van der Waals surface area contributed by atoms with E-state index >= 15 is 0 Å². The van der Waals surface area contributed by atoms with Gasteiger partial charge in [0, 0.05) is 4.47 Å². The van der Waals surface area contributed by atoms with E-state index in [1.165, 1.54) is 0 Å². The number of benzene rings is 2. The Balaban J connectivity index is 1.68. The smallest absolute Gasteiger partial charge is 0.426 e. The molecule has 0 bridgehead atoms. The van der Waals surface area contributed by atoms with Crippen molar-refractivity contribution in [3.8, 4) is 11.5 Å². The summed E-state index contributed by atoms with van der Waals surface area (Å²) in [5.74, 6) is 0.797. The maximum atomic E-state index is 11.7. The number of rotatable bonds is 6.